The van der Waals surface area contributed by atoms with Crippen molar-refractivity contribution in [1.82, 2.24) is 4.31 Å². The maximum absolute atomic E-state index is 12.7. The molecule has 8 nitrogen and oxygen atoms in total. The van der Waals surface area contributed by atoms with Gasteiger partial charge in [0.05, 0.1) is 16.3 Å². The Morgan fingerprint density at radius 2 is 1.62 bits per heavy atom. The van der Waals surface area contributed by atoms with Crippen molar-refractivity contribution in [2.45, 2.75) is 37.5 Å². The van der Waals surface area contributed by atoms with E-state index in [9.17, 15) is 21.6 Å². The third-order valence-corrected chi connectivity index (χ3v) is 9.63. The van der Waals surface area contributed by atoms with Crippen LogP contribution in [0.2, 0.25) is 0 Å². The summed E-state index contributed by atoms with van der Waals surface area (Å²) in [5.74, 6) is -0.321. The Bertz CT molecular complexity index is 1220. The first-order chi connectivity index (χ1) is 15.2. The molecule has 0 spiro atoms. The minimum Gasteiger partial charge on any atom is -0.322 e. The lowest BCUT2D eigenvalue weighted by Crippen LogP contribution is -2.36. The van der Waals surface area contributed by atoms with Crippen LogP contribution in [0.3, 0.4) is 0 Å². The van der Waals surface area contributed by atoms with Gasteiger partial charge in [0.1, 0.15) is 0 Å². The zero-order valence-corrected chi connectivity index (χ0v) is 19.6. The Labute approximate surface area is 189 Å². The van der Waals surface area contributed by atoms with Crippen molar-refractivity contribution < 1.29 is 21.6 Å². The Balaban J connectivity index is 1.50. The van der Waals surface area contributed by atoms with E-state index in [2.05, 4.69) is 5.32 Å². The van der Waals surface area contributed by atoms with E-state index in [-0.39, 0.29) is 16.6 Å². The monoisotopic (exact) mass is 477 g/mol. The fourth-order valence-electron chi connectivity index (χ4n) is 4.14. The molecule has 2 aliphatic heterocycles. The van der Waals surface area contributed by atoms with E-state index in [4.69, 9.17) is 0 Å². The molecule has 172 valence electrons. The second kappa shape index (κ2) is 8.84. The molecule has 1 amide bonds. The predicted molar refractivity (Wildman–Crippen MR) is 124 cm³/mol. The second-order valence-electron chi connectivity index (χ2n) is 8.01. The molecule has 0 bridgehead atoms. The first-order valence-corrected chi connectivity index (χ1v) is 13.8. The average Bonchev–Trinajstić information content (AvgIpc) is 3.34. The summed E-state index contributed by atoms with van der Waals surface area (Å²) in [5.41, 5.74) is 2.45. The minimum atomic E-state index is -3.52. The fraction of sp³-hybridized carbons (Fsp3) is 0.409. The van der Waals surface area contributed by atoms with Crippen molar-refractivity contribution in [3.05, 3.63) is 53.6 Å². The number of nitrogens with one attached hydrogen (secondary N) is 1. The number of amides is 1. The van der Waals surface area contributed by atoms with Crippen LogP contribution in [-0.4, -0.2) is 52.4 Å². The molecule has 1 N–H and O–H groups in total. The summed E-state index contributed by atoms with van der Waals surface area (Å²) in [5, 5.41) is 2.82. The maximum atomic E-state index is 12.7. The SMILES string of the molecule is CCS(=O)(=O)N1CCCc2cc(NC(=O)c3ccc(S(=O)(=O)N4CCCC4)cc3)ccc21. The molecular formula is C22H27N3O5S2. The third kappa shape index (κ3) is 4.39. The Morgan fingerprint density at radius 1 is 0.938 bits per heavy atom. The highest BCUT2D eigenvalue weighted by Crippen LogP contribution is 2.32. The van der Waals surface area contributed by atoms with Crippen LogP contribution >= 0.6 is 0 Å². The highest BCUT2D eigenvalue weighted by atomic mass is 32.2. The number of hydrogen-bond donors (Lipinski definition) is 1. The van der Waals surface area contributed by atoms with Crippen LogP contribution in [0.15, 0.2) is 47.4 Å². The number of rotatable bonds is 6. The van der Waals surface area contributed by atoms with Crippen LogP contribution in [0.5, 0.6) is 0 Å². The molecule has 0 unspecified atom stereocenters. The van der Waals surface area contributed by atoms with Gasteiger partial charge < -0.3 is 5.32 Å². The van der Waals surface area contributed by atoms with Gasteiger partial charge in [0.2, 0.25) is 20.0 Å². The Hall–Kier alpha value is -2.43. The van der Waals surface area contributed by atoms with Crippen molar-refractivity contribution in [3.8, 4) is 0 Å². The van der Waals surface area contributed by atoms with Gasteiger partial charge in [0.15, 0.2) is 0 Å². The summed E-state index contributed by atoms with van der Waals surface area (Å²) in [6, 6.07) is 11.1. The van der Waals surface area contributed by atoms with E-state index >= 15 is 0 Å². The average molecular weight is 478 g/mol. The quantitative estimate of drug-likeness (QED) is 0.689. The van der Waals surface area contributed by atoms with Gasteiger partial charge in [0.25, 0.3) is 5.91 Å². The fourth-order valence-corrected chi connectivity index (χ4v) is 6.86. The lowest BCUT2D eigenvalue weighted by atomic mass is 10.0. The number of hydrogen-bond acceptors (Lipinski definition) is 5. The molecule has 2 aliphatic rings. The number of nitrogens with zero attached hydrogens (tertiary/aromatic N) is 2. The topological polar surface area (TPSA) is 104 Å². The van der Waals surface area contributed by atoms with E-state index < -0.39 is 20.0 Å². The maximum Gasteiger partial charge on any atom is 0.255 e. The minimum absolute atomic E-state index is 0.0361. The number of carbonyl (C=O) groups excluding carboxylic acids is 1. The van der Waals surface area contributed by atoms with Crippen LogP contribution < -0.4 is 9.62 Å². The normalized spacial score (nSPS) is 17.2. The summed E-state index contributed by atoms with van der Waals surface area (Å²) in [6.45, 7) is 3.14. The molecule has 0 saturated carbocycles. The lowest BCUT2D eigenvalue weighted by molar-refractivity contribution is 0.102. The van der Waals surface area contributed by atoms with Crippen LogP contribution in [0.1, 0.15) is 42.1 Å². The van der Waals surface area contributed by atoms with Gasteiger partial charge in [-0.15, -0.1) is 0 Å². The molecule has 1 fully saturated rings. The van der Waals surface area contributed by atoms with E-state index in [1.807, 2.05) is 0 Å². The van der Waals surface area contributed by atoms with Gasteiger partial charge in [-0.25, -0.2) is 16.8 Å². The summed E-state index contributed by atoms with van der Waals surface area (Å²) in [6.07, 6.45) is 3.18. The van der Waals surface area contributed by atoms with E-state index in [1.54, 1.807) is 25.1 Å². The molecule has 2 aromatic carbocycles. The van der Waals surface area contributed by atoms with Crippen molar-refractivity contribution in [2.24, 2.45) is 0 Å². The van der Waals surface area contributed by atoms with E-state index in [0.29, 0.717) is 36.6 Å². The summed E-state index contributed by atoms with van der Waals surface area (Å²) >= 11 is 0. The molecule has 0 aromatic heterocycles. The first kappa shape index (κ1) is 22.8. The third-order valence-electron chi connectivity index (χ3n) is 5.93. The van der Waals surface area contributed by atoms with Gasteiger partial charge in [-0.2, -0.15) is 4.31 Å². The van der Waals surface area contributed by atoms with Gasteiger partial charge in [-0.3, -0.25) is 9.10 Å². The van der Waals surface area contributed by atoms with Gasteiger partial charge in [0, 0.05) is 30.9 Å². The summed E-state index contributed by atoms with van der Waals surface area (Å²) in [4.78, 5) is 12.9. The highest BCUT2D eigenvalue weighted by Gasteiger charge is 2.28. The molecule has 0 aliphatic carbocycles. The molecule has 2 aromatic rings. The smallest absolute Gasteiger partial charge is 0.255 e. The Morgan fingerprint density at radius 3 is 2.28 bits per heavy atom. The standard InChI is InChI=1S/C22H27N3O5S2/c1-2-31(27,28)25-15-5-6-18-16-19(9-12-21(18)25)23-22(26)17-7-10-20(11-8-17)32(29,30)24-13-3-4-14-24/h7-12,16H,2-6,13-15H2,1H3,(H,23,26). The molecule has 10 heteroatoms. The molecule has 4 rings (SSSR count). The van der Waals surface area contributed by atoms with Crippen molar-refractivity contribution in [3.63, 3.8) is 0 Å². The van der Waals surface area contributed by atoms with Crippen LogP contribution in [0.4, 0.5) is 11.4 Å². The number of anilines is 2. The van der Waals surface area contributed by atoms with Gasteiger partial charge >= 0.3 is 0 Å². The number of sulfonamides is 2. The molecule has 32 heavy (non-hydrogen) atoms. The first-order valence-electron chi connectivity index (χ1n) is 10.8. The second-order valence-corrected chi connectivity index (χ2v) is 12.1. The van der Waals surface area contributed by atoms with Gasteiger partial charge in [-0.05, 0) is 80.6 Å². The zero-order chi connectivity index (χ0) is 22.9. The molecular weight excluding hydrogens is 450 g/mol. The molecule has 2 heterocycles. The molecule has 0 radical (unpaired) electrons. The molecule has 0 atom stereocenters. The molecule has 1 saturated heterocycles. The number of fused-ring (bicyclic) bond motifs is 1. The Kier molecular flexibility index (Phi) is 6.28. The summed E-state index contributed by atoms with van der Waals surface area (Å²) < 4.78 is 52.9. The van der Waals surface area contributed by atoms with Crippen molar-refractivity contribution in [1.29, 1.82) is 0 Å². The number of carbonyl (C=O) groups is 1. The number of benzene rings is 2. The lowest BCUT2D eigenvalue weighted by Gasteiger charge is -2.30. The summed E-state index contributed by atoms with van der Waals surface area (Å²) in [7, 11) is -6.86. The van der Waals surface area contributed by atoms with E-state index in [0.717, 1.165) is 31.2 Å². The predicted octanol–water partition coefficient (Wildman–Crippen LogP) is 2.83. The van der Waals surface area contributed by atoms with E-state index in [1.165, 1.54) is 32.9 Å². The zero-order valence-electron chi connectivity index (χ0n) is 18.0. The highest BCUT2D eigenvalue weighted by molar-refractivity contribution is 7.92. The van der Waals surface area contributed by atoms with Gasteiger partial charge in [-0.1, -0.05) is 0 Å². The van der Waals surface area contributed by atoms with Crippen LogP contribution in [0, 0.1) is 0 Å². The van der Waals surface area contributed by atoms with Crippen LogP contribution in [0.25, 0.3) is 0 Å². The van der Waals surface area contributed by atoms with Crippen molar-refractivity contribution >= 4 is 37.3 Å². The van der Waals surface area contributed by atoms with Crippen LogP contribution in [-0.2, 0) is 26.5 Å². The number of aryl methyl sites for hydroxylation is 1. The van der Waals surface area contributed by atoms with Crippen molar-refractivity contribution in [2.75, 3.05) is 35.0 Å². The largest absolute Gasteiger partial charge is 0.322 e.